The number of rotatable bonds is 5. The SMILES string of the molecule is Cc1ccc(NC(=O)[C@H](NC(=O)[C@@H]2Cc3ccccc3CN2)C(C)C)cc1. The molecule has 1 aliphatic rings. The van der Waals surface area contributed by atoms with Gasteiger partial charge in [0.25, 0.3) is 0 Å². The van der Waals surface area contributed by atoms with Crippen molar-refractivity contribution in [2.75, 3.05) is 5.32 Å². The highest BCUT2D eigenvalue weighted by atomic mass is 16.2. The molecule has 0 saturated carbocycles. The van der Waals surface area contributed by atoms with Gasteiger partial charge in [-0.1, -0.05) is 55.8 Å². The third kappa shape index (κ3) is 4.74. The Bertz CT molecular complexity index is 815. The fraction of sp³-hybridized carbons (Fsp3) is 0.364. The van der Waals surface area contributed by atoms with E-state index < -0.39 is 6.04 Å². The van der Waals surface area contributed by atoms with E-state index in [1.165, 1.54) is 11.1 Å². The minimum atomic E-state index is -0.585. The molecule has 5 heteroatoms. The lowest BCUT2D eigenvalue weighted by molar-refractivity contribution is -0.128. The van der Waals surface area contributed by atoms with Crippen LogP contribution in [0.1, 0.15) is 30.5 Å². The molecule has 0 fully saturated rings. The molecular formula is C22H27N3O2. The zero-order valence-electron chi connectivity index (χ0n) is 16.1. The molecule has 0 radical (unpaired) electrons. The standard InChI is InChI=1S/C22H27N3O2/c1-14(2)20(22(27)24-18-10-8-15(3)9-11-18)25-21(26)19-12-16-6-4-5-7-17(16)13-23-19/h4-11,14,19-20,23H,12-13H2,1-3H3,(H,24,27)(H,25,26)/t19-,20+/m0/s1. The molecule has 5 nitrogen and oxygen atoms in total. The van der Waals surface area contributed by atoms with Gasteiger partial charge in [0.15, 0.2) is 0 Å². The fourth-order valence-corrected chi connectivity index (χ4v) is 3.29. The highest BCUT2D eigenvalue weighted by Crippen LogP contribution is 2.17. The van der Waals surface area contributed by atoms with E-state index in [9.17, 15) is 9.59 Å². The maximum atomic E-state index is 12.8. The first-order valence-electron chi connectivity index (χ1n) is 9.42. The summed E-state index contributed by atoms with van der Waals surface area (Å²) in [6, 6.07) is 14.8. The summed E-state index contributed by atoms with van der Waals surface area (Å²) in [4.78, 5) is 25.5. The first-order chi connectivity index (χ1) is 12.9. The maximum absolute atomic E-state index is 12.8. The van der Waals surface area contributed by atoms with Gasteiger partial charge in [0.1, 0.15) is 6.04 Å². The molecule has 2 aromatic carbocycles. The zero-order chi connectivity index (χ0) is 19.4. The van der Waals surface area contributed by atoms with Crippen LogP contribution in [-0.2, 0) is 22.6 Å². The second kappa shape index (κ2) is 8.35. The maximum Gasteiger partial charge on any atom is 0.247 e. The molecule has 2 amide bonds. The van der Waals surface area contributed by atoms with Crippen molar-refractivity contribution in [3.63, 3.8) is 0 Å². The normalized spacial score (nSPS) is 17.1. The number of fused-ring (bicyclic) bond motifs is 1. The second-order valence-electron chi connectivity index (χ2n) is 7.49. The predicted molar refractivity (Wildman–Crippen MR) is 107 cm³/mol. The Morgan fingerprint density at radius 3 is 2.37 bits per heavy atom. The highest BCUT2D eigenvalue weighted by Gasteiger charge is 2.29. The van der Waals surface area contributed by atoms with Crippen LogP contribution in [0.3, 0.4) is 0 Å². The second-order valence-corrected chi connectivity index (χ2v) is 7.49. The fourth-order valence-electron chi connectivity index (χ4n) is 3.29. The van der Waals surface area contributed by atoms with E-state index >= 15 is 0 Å². The Balaban J connectivity index is 1.64. The topological polar surface area (TPSA) is 70.2 Å². The Labute approximate surface area is 160 Å². The smallest absolute Gasteiger partial charge is 0.247 e. The Hall–Kier alpha value is -2.66. The van der Waals surface area contributed by atoms with Gasteiger partial charge in [-0.05, 0) is 42.5 Å². The molecule has 0 aliphatic carbocycles. The number of amides is 2. The number of hydrogen-bond donors (Lipinski definition) is 3. The van der Waals surface area contributed by atoms with Gasteiger partial charge in [0, 0.05) is 12.2 Å². The summed E-state index contributed by atoms with van der Waals surface area (Å²) in [6.07, 6.45) is 0.631. The van der Waals surface area contributed by atoms with Crippen LogP contribution in [0.4, 0.5) is 5.69 Å². The molecule has 3 rings (SSSR count). The number of nitrogens with one attached hydrogen (secondary N) is 3. The summed E-state index contributed by atoms with van der Waals surface area (Å²) >= 11 is 0. The van der Waals surface area contributed by atoms with Crippen LogP contribution in [0.25, 0.3) is 0 Å². The lowest BCUT2D eigenvalue weighted by atomic mass is 9.94. The van der Waals surface area contributed by atoms with E-state index in [-0.39, 0.29) is 23.8 Å². The molecule has 142 valence electrons. The first-order valence-corrected chi connectivity index (χ1v) is 9.42. The monoisotopic (exact) mass is 365 g/mol. The average molecular weight is 365 g/mol. The molecule has 0 bridgehead atoms. The van der Waals surface area contributed by atoms with Crippen LogP contribution < -0.4 is 16.0 Å². The van der Waals surface area contributed by atoms with Gasteiger partial charge in [-0.2, -0.15) is 0 Å². The van der Waals surface area contributed by atoms with Gasteiger partial charge < -0.3 is 16.0 Å². The van der Waals surface area contributed by atoms with Gasteiger partial charge in [0.05, 0.1) is 6.04 Å². The largest absolute Gasteiger partial charge is 0.343 e. The van der Waals surface area contributed by atoms with E-state index in [1.807, 2.05) is 57.2 Å². The molecular weight excluding hydrogens is 338 g/mol. The number of carbonyl (C=O) groups excluding carboxylic acids is 2. The first kappa shape index (κ1) is 19.1. The van der Waals surface area contributed by atoms with E-state index in [1.54, 1.807) is 0 Å². The highest BCUT2D eigenvalue weighted by molar-refractivity contribution is 5.98. The summed E-state index contributed by atoms with van der Waals surface area (Å²) in [5.74, 6) is -0.351. The van der Waals surface area contributed by atoms with Crippen molar-refractivity contribution in [1.82, 2.24) is 10.6 Å². The molecule has 0 spiro atoms. The van der Waals surface area contributed by atoms with Crippen LogP contribution in [-0.4, -0.2) is 23.9 Å². The molecule has 1 heterocycles. The van der Waals surface area contributed by atoms with Crippen molar-refractivity contribution in [3.05, 3.63) is 65.2 Å². The summed E-state index contributed by atoms with van der Waals surface area (Å²) in [5.41, 5.74) is 4.27. The van der Waals surface area contributed by atoms with Gasteiger partial charge in [-0.15, -0.1) is 0 Å². The number of aryl methyl sites for hydroxylation is 1. The summed E-state index contributed by atoms with van der Waals surface area (Å²) in [7, 11) is 0. The molecule has 1 aliphatic heterocycles. The minimum Gasteiger partial charge on any atom is -0.343 e. The van der Waals surface area contributed by atoms with Crippen LogP contribution in [0.15, 0.2) is 48.5 Å². The van der Waals surface area contributed by atoms with E-state index in [4.69, 9.17) is 0 Å². The Morgan fingerprint density at radius 2 is 1.70 bits per heavy atom. The van der Waals surface area contributed by atoms with Gasteiger partial charge in [-0.3, -0.25) is 9.59 Å². The van der Waals surface area contributed by atoms with Crippen LogP contribution in [0.2, 0.25) is 0 Å². The molecule has 27 heavy (non-hydrogen) atoms. The van der Waals surface area contributed by atoms with Gasteiger partial charge in [-0.25, -0.2) is 0 Å². The quantitative estimate of drug-likeness (QED) is 0.763. The van der Waals surface area contributed by atoms with Crippen molar-refractivity contribution in [3.8, 4) is 0 Å². The van der Waals surface area contributed by atoms with E-state index in [0.29, 0.717) is 13.0 Å². The minimum absolute atomic E-state index is 0.0183. The molecule has 3 N–H and O–H groups in total. The van der Waals surface area contributed by atoms with Gasteiger partial charge >= 0.3 is 0 Å². The zero-order valence-corrected chi connectivity index (χ0v) is 16.1. The molecule has 0 unspecified atom stereocenters. The van der Waals surface area contributed by atoms with Crippen LogP contribution in [0, 0.1) is 12.8 Å². The average Bonchev–Trinajstić information content (AvgIpc) is 2.67. The Morgan fingerprint density at radius 1 is 1.04 bits per heavy atom. The van der Waals surface area contributed by atoms with Crippen LogP contribution >= 0.6 is 0 Å². The Kier molecular flexibility index (Phi) is 5.91. The van der Waals surface area contributed by atoms with Crippen molar-refractivity contribution >= 4 is 17.5 Å². The number of anilines is 1. The van der Waals surface area contributed by atoms with E-state index in [2.05, 4.69) is 28.1 Å². The van der Waals surface area contributed by atoms with Crippen molar-refractivity contribution < 1.29 is 9.59 Å². The lowest BCUT2D eigenvalue weighted by Gasteiger charge is -2.28. The molecule has 0 saturated heterocycles. The summed E-state index contributed by atoms with van der Waals surface area (Å²) < 4.78 is 0. The molecule has 2 aromatic rings. The number of benzene rings is 2. The third-order valence-electron chi connectivity index (χ3n) is 4.96. The molecule has 2 atom stereocenters. The third-order valence-corrected chi connectivity index (χ3v) is 4.96. The van der Waals surface area contributed by atoms with Crippen LogP contribution in [0.5, 0.6) is 0 Å². The predicted octanol–water partition coefficient (Wildman–Crippen LogP) is 2.79. The number of carbonyl (C=O) groups is 2. The van der Waals surface area contributed by atoms with Crippen molar-refractivity contribution in [2.45, 2.75) is 45.8 Å². The lowest BCUT2D eigenvalue weighted by Crippen LogP contribution is -2.54. The summed E-state index contributed by atoms with van der Waals surface area (Å²) in [6.45, 7) is 6.53. The van der Waals surface area contributed by atoms with E-state index in [0.717, 1.165) is 11.3 Å². The van der Waals surface area contributed by atoms with Crippen molar-refractivity contribution in [2.24, 2.45) is 5.92 Å². The summed E-state index contributed by atoms with van der Waals surface area (Å²) in [5, 5.41) is 9.11. The number of hydrogen-bond acceptors (Lipinski definition) is 3. The van der Waals surface area contributed by atoms with Crippen molar-refractivity contribution in [1.29, 1.82) is 0 Å². The molecule has 0 aromatic heterocycles. The van der Waals surface area contributed by atoms with Gasteiger partial charge in [0.2, 0.25) is 11.8 Å².